The topological polar surface area (TPSA) is 79.4 Å². The smallest absolute Gasteiger partial charge is 0.219 e. The van der Waals surface area contributed by atoms with E-state index < -0.39 is 0 Å². The Hall–Kier alpha value is -3.67. The van der Waals surface area contributed by atoms with Crippen LogP contribution in [0.25, 0.3) is 12.3 Å². The number of aromatic amines is 1. The molecule has 3 rings (SSSR count). The normalized spacial score (nSPS) is 11.9. The number of aliphatic imine (C=N–C) groups is 1. The molecule has 0 aliphatic carbocycles. The van der Waals surface area contributed by atoms with Crippen molar-refractivity contribution in [2.75, 3.05) is 0 Å². The Morgan fingerprint density at radius 3 is 2.35 bits per heavy atom. The first-order chi connectivity index (χ1) is 17.9. The summed E-state index contributed by atoms with van der Waals surface area (Å²) in [4.78, 5) is 15.2. The van der Waals surface area contributed by atoms with E-state index in [1.165, 1.54) is 12.8 Å². The lowest BCUT2D eigenvalue weighted by Crippen LogP contribution is -2.33. The second-order valence-electron chi connectivity index (χ2n) is 8.58. The Balaban J connectivity index is 0.000000280. The molecule has 1 heterocycles. The summed E-state index contributed by atoms with van der Waals surface area (Å²) in [6.07, 6.45) is 8.67. The highest BCUT2D eigenvalue weighted by atomic mass is 16.5. The molecule has 1 aromatic heterocycles. The zero-order valence-electron chi connectivity index (χ0n) is 23.4. The van der Waals surface area contributed by atoms with Crippen LogP contribution < -0.4 is 20.6 Å². The molecule has 1 atom stereocenters. The molecule has 0 aliphatic rings. The van der Waals surface area contributed by atoms with E-state index in [1.54, 1.807) is 12.4 Å². The first-order valence-electron chi connectivity index (χ1n) is 13.1. The van der Waals surface area contributed by atoms with Crippen molar-refractivity contribution in [2.45, 2.75) is 79.7 Å². The van der Waals surface area contributed by atoms with Crippen LogP contribution in [0, 0.1) is 6.92 Å². The molecule has 0 bridgehead atoms. The molecule has 0 saturated carbocycles. The fourth-order valence-corrected chi connectivity index (χ4v) is 3.33. The van der Waals surface area contributed by atoms with Crippen LogP contribution in [0.4, 0.5) is 0 Å². The van der Waals surface area contributed by atoms with Gasteiger partial charge in [-0.25, -0.2) is 0 Å². The van der Waals surface area contributed by atoms with Crippen LogP contribution in [-0.4, -0.2) is 28.4 Å². The average Bonchev–Trinajstić information content (AvgIpc) is 3.35. The summed E-state index contributed by atoms with van der Waals surface area (Å²) in [5, 5.41) is 11.4. The summed E-state index contributed by atoms with van der Waals surface area (Å²) in [6, 6.07) is 18.2. The predicted octanol–water partition coefficient (Wildman–Crippen LogP) is 6.31. The fourth-order valence-electron chi connectivity index (χ4n) is 3.33. The third-order valence-electron chi connectivity index (χ3n) is 5.58. The number of para-hydroxylation sites is 2. The van der Waals surface area contributed by atoms with E-state index in [0.717, 1.165) is 46.2 Å². The van der Waals surface area contributed by atoms with Gasteiger partial charge >= 0.3 is 0 Å². The van der Waals surface area contributed by atoms with Gasteiger partial charge in [-0.2, -0.15) is 5.10 Å². The molecule has 0 aliphatic heterocycles. The van der Waals surface area contributed by atoms with Crippen molar-refractivity contribution in [1.29, 1.82) is 0 Å². The highest BCUT2D eigenvalue weighted by Gasteiger charge is 2.07. The van der Waals surface area contributed by atoms with Crippen molar-refractivity contribution >= 4 is 24.4 Å². The number of benzene rings is 2. The molecule has 0 radical (unpaired) electrons. The SMILES string of the molecule is C=c1[nH]nc/c1=C(\C)N=CC.CCCCC(CC)NC(=O)CC.Cc1ccccc1Oc1ccccc1. The van der Waals surface area contributed by atoms with Gasteiger partial charge in [-0.15, -0.1) is 0 Å². The molecule has 2 N–H and O–H groups in total. The van der Waals surface area contributed by atoms with Gasteiger partial charge in [0.05, 0.1) is 11.5 Å². The number of amides is 1. The van der Waals surface area contributed by atoms with Crippen LogP contribution >= 0.6 is 0 Å². The summed E-state index contributed by atoms with van der Waals surface area (Å²) in [5.74, 6) is 1.97. The van der Waals surface area contributed by atoms with Crippen LogP contribution in [0.3, 0.4) is 0 Å². The van der Waals surface area contributed by atoms with Gasteiger partial charge in [0, 0.05) is 29.6 Å². The molecule has 0 spiro atoms. The van der Waals surface area contributed by atoms with E-state index in [-0.39, 0.29) is 5.91 Å². The van der Waals surface area contributed by atoms with Gasteiger partial charge in [-0.05, 0) is 57.4 Å². The summed E-state index contributed by atoms with van der Waals surface area (Å²) < 4.78 is 5.71. The van der Waals surface area contributed by atoms with Crippen molar-refractivity contribution in [3.63, 3.8) is 0 Å². The highest BCUT2D eigenvalue weighted by Crippen LogP contribution is 2.23. The number of ether oxygens (including phenoxy) is 1. The van der Waals surface area contributed by atoms with E-state index in [9.17, 15) is 4.79 Å². The molecule has 0 saturated heterocycles. The van der Waals surface area contributed by atoms with E-state index >= 15 is 0 Å². The van der Waals surface area contributed by atoms with Crippen LogP contribution in [0.15, 0.2) is 65.8 Å². The quantitative estimate of drug-likeness (QED) is 0.335. The third-order valence-corrected chi connectivity index (χ3v) is 5.58. The zero-order chi connectivity index (χ0) is 27.5. The number of aromatic nitrogens is 2. The molecule has 200 valence electrons. The lowest BCUT2D eigenvalue weighted by molar-refractivity contribution is -0.121. The number of unbranched alkanes of at least 4 members (excludes halogenated alkanes) is 1. The van der Waals surface area contributed by atoms with Crippen LogP contribution in [0.5, 0.6) is 11.5 Å². The minimum atomic E-state index is 0.179. The molecule has 1 unspecified atom stereocenters. The second-order valence-corrected chi connectivity index (χ2v) is 8.58. The number of nitrogens with one attached hydrogen (secondary N) is 2. The Bertz CT molecular complexity index is 1170. The number of H-pyrrole nitrogens is 1. The number of hydrogen-bond donors (Lipinski definition) is 2. The summed E-state index contributed by atoms with van der Waals surface area (Å²) in [7, 11) is 0. The Labute approximate surface area is 222 Å². The largest absolute Gasteiger partial charge is 0.457 e. The lowest BCUT2D eigenvalue weighted by Gasteiger charge is -2.15. The number of hydrogen-bond acceptors (Lipinski definition) is 4. The monoisotopic (exact) mass is 504 g/mol. The summed E-state index contributed by atoms with van der Waals surface area (Å²) in [6.45, 7) is 15.8. The van der Waals surface area contributed by atoms with Crippen molar-refractivity contribution in [2.24, 2.45) is 4.99 Å². The first-order valence-corrected chi connectivity index (χ1v) is 13.1. The third kappa shape index (κ3) is 12.7. The van der Waals surface area contributed by atoms with Crippen LogP contribution in [0.2, 0.25) is 0 Å². The number of rotatable bonds is 9. The summed E-state index contributed by atoms with van der Waals surface area (Å²) in [5.41, 5.74) is 2.09. The average molecular weight is 505 g/mol. The molecule has 6 nitrogen and oxygen atoms in total. The Morgan fingerprint density at radius 1 is 1.14 bits per heavy atom. The molecule has 3 aromatic rings. The Morgan fingerprint density at radius 2 is 1.81 bits per heavy atom. The van der Waals surface area contributed by atoms with Crippen molar-refractivity contribution < 1.29 is 9.53 Å². The minimum Gasteiger partial charge on any atom is -0.457 e. The predicted molar refractivity (Wildman–Crippen MR) is 156 cm³/mol. The number of carbonyl (C=O) groups excluding carboxylic acids is 1. The van der Waals surface area contributed by atoms with E-state index in [4.69, 9.17) is 4.74 Å². The maximum Gasteiger partial charge on any atom is 0.219 e. The number of carbonyl (C=O) groups is 1. The molecule has 6 heteroatoms. The van der Waals surface area contributed by atoms with Gasteiger partial charge in [0.15, 0.2) is 0 Å². The van der Waals surface area contributed by atoms with Crippen LogP contribution in [-0.2, 0) is 4.79 Å². The lowest BCUT2D eigenvalue weighted by atomic mass is 10.1. The number of aryl methyl sites for hydroxylation is 1. The summed E-state index contributed by atoms with van der Waals surface area (Å²) >= 11 is 0. The van der Waals surface area contributed by atoms with E-state index in [1.807, 2.05) is 82.3 Å². The molecular formula is C31H44N4O2. The molecular weight excluding hydrogens is 460 g/mol. The maximum atomic E-state index is 11.0. The van der Waals surface area contributed by atoms with Gasteiger partial charge in [0.25, 0.3) is 0 Å². The molecule has 2 aromatic carbocycles. The zero-order valence-corrected chi connectivity index (χ0v) is 23.4. The Kier molecular flexibility index (Phi) is 15.7. The standard InChI is InChI=1S/C13H12O.C10H21NO.C8H11N3/c1-11-7-5-6-10-13(11)14-12-8-3-2-4-9-12;1-4-7-8-9(5-2)11-10(12)6-3;1-4-9-6(2)8-5-10-11-7(8)3/h2-10H,1H3;9H,4-8H2,1-3H3,(H,11,12);4-5,11H,3H2,1-2H3/b;;8-6-,9-4?. The van der Waals surface area contributed by atoms with Crippen molar-refractivity contribution in [3.05, 3.63) is 76.9 Å². The first kappa shape index (κ1) is 31.4. The van der Waals surface area contributed by atoms with Gasteiger partial charge in [0.2, 0.25) is 5.91 Å². The molecule has 1 amide bonds. The number of nitrogens with zero attached hydrogens (tertiary/aromatic N) is 2. The second kappa shape index (κ2) is 18.6. The molecule has 0 fully saturated rings. The van der Waals surface area contributed by atoms with Gasteiger partial charge < -0.3 is 10.1 Å². The van der Waals surface area contributed by atoms with Crippen molar-refractivity contribution in [3.8, 4) is 11.5 Å². The van der Waals surface area contributed by atoms with Gasteiger partial charge in [-0.1, -0.05) is 76.6 Å². The van der Waals surface area contributed by atoms with Gasteiger partial charge in [-0.3, -0.25) is 14.9 Å². The van der Waals surface area contributed by atoms with Gasteiger partial charge in [0.1, 0.15) is 11.5 Å². The minimum absolute atomic E-state index is 0.179. The molecule has 37 heavy (non-hydrogen) atoms. The van der Waals surface area contributed by atoms with Crippen molar-refractivity contribution in [1.82, 2.24) is 15.5 Å². The maximum absolute atomic E-state index is 11.0. The van der Waals surface area contributed by atoms with E-state index in [0.29, 0.717) is 12.5 Å². The van der Waals surface area contributed by atoms with E-state index in [2.05, 4.69) is 40.9 Å². The fraction of sp³-hybridized carbons (Fsp3) is 0.387. The van der Waals surface area contributed by atoms with Crippen LogP contribution in [0.1, 0.15) is 72.3 Å². The highest BCUT2D eigenvalue weighted by molar-refractivity contribution is 5.75.